The number of anilines is 3. The molecule has 4 heterocycles. The van der Waals surface area contributed by atoms with Crippen LogP contribution in [0.4, 0.5) is 17.1 Å². The van der Waals surface area contributed by atoms with Crippen LogP contribution in [0.25, 0.3) is 11.4 Å². The first-order valence-electron chi connectivity index (χ1n) is 25.1. The lowest BCUT2D eigenvalue weighted by Gasteiger charge is -2.36. The van der Waals surface area contributed by atoms with Gasteiger partial charge in [-0.3, -0.25) is 19.5 Å². The maximum atomic E-state index is 13.4. The van der Waals surface area contributed by atoms with Crippen LogP contribution in [0.1, 0.15) is 57.4 Å². The van der Waals surface area contributed by atoms with Crippen LogP contribution in [-0.4, -0.2) is 154 Å². The van der Waals surface area contributed by atoms with Crippen molar-refractivity contribution in [3.63, 3.8) is 0 Å². The zero-order chi connectivity index (χ0) is 50.4. The molecule has 4 aromatic carbocycles. The normalized spacial score (nSPS) is 19.0. The first-order valence-corrected chi connectivity index (χ1v) is 25.1. The molecule has 17 heteroatoms. The lowest BCUT2D eigenvalue weighted by Crippen LogP contribution is -2.45. The molecule has 2 bridgehead atoms. The number of nitrogens with two attached hydrogens (primary N) is 2. The highest BCUT2D eigenvalue weighted by Gasteiger charge is 2.41. The van der Waals surface area contributed by atoms with E-state index >= 15 is 0 Å². The van der Waals surface area contributed by atoms with E-state index in [1.54, 1.807) is 19.4 Å². The van der Waals surface area contributed by atoms with Gasteiger partial charge in [0, 0.05) is 62.7 Å². The van der Waals surface area contributed by atoms with E-state index < -0.39 is 5.92 Å². The third-order valence-electron chi connectivity index (χ3n) is 13.3. The Morgan fingerprint density at radius 2 is 1.21 bits per heavy atom. The number of aryl methyl sites for hydroxylation is 2. The van der Waals surface area contributed by atoms with Gasteiger partial charge in [0.05, 0.1) is 107 Å². The number of nitrogens with zero attached hydrogens (tertiary/aromatic N) is 5. The highest BCUT2D eigenvalue weighted by Crippen LogP contribution is 2.42. The van der Waals surface area contributed by atoms with E-state index in [1.165, 1.54) is 9.91 Å². The molecule has 386 valence electrons. The van der Waals surface area contributed by atoms with Gasteiger partial charge < -0.3 is 58.3 Å². The summed E-state index contributed by atoms with van der Waals surface area (Å²) in [4.78, 5) is 34.8. The Labute approximate surface area is 423 Å². The van der Waals surface area contributed by atoms with Gasteiger partial charge in [0.15, 0.2) is 0 Å². The molecule has 0 radical (unpaired) electrons. The number of allylic oxidation sites excluding steroid dienone is 1. The number of rotatable bonds is 9. The Morgan fingerprint density at radius 3 is 1.76 bits per heavy atom. The fourth-order valence-electron chi connectivity index (χ4n) is 9.54. The number of methoxy groups -OCH3 is 1. The number of hydrazine groups is 1. The van der Waals surface area contributed by atoms with Gasteiger partial charge in [0.2, 0.25) is 5.91 Å². The molecule has 0 aromatic heterocycles. The fraction of sp³-hybridized carbons (Fsp3) is 0.455. The molecule has 4 N–H and O–H groups in total. The second-order valence-electron chi connectivity index (χ2n) is 18.1. The molecule has 0 spiro atoms. The maximum Gasteiger partial charge on any atom is 0.260 e. The summed E-state index contributed by atoms with van der Waals surface area (Å²) in [5, 5.41) is 1.46. The SMILES string of the molecule is CCN1C(=O)c2cccc3c2C(CC=C3N(N)/C=C(\N)c2ccc(N3CCOc4cc(C)ccc4N4CCOCCOCCN(CCOCCOCC4)c4ccc(C)cc4OCC3)c(OCCOC)c2)C1=O. The van der Waals surface area contributed by atoms with Crippen LogP contribution in [0, 0.1) is 13.8 Å². The zero-order valence-electron chi connectivity index (χ0n) is 42.3. The zero-order valence-corrected chi connectivity index (χ0v) is 42.3. The molecule has 4 aromatic rings. The Hall–Kier alpha value is -6.34. The summed E-state index contributed by atoms with van der Waals surface area (Å²) < 4.78 is 49.9. The second-order valence-corrected chi connectivity index (χ2v) is 18.1. The van der Waals surface area contributed by atoms with Crippen molar-refractivity contribution in [1.82, 2.24) is 9.91 Å². The monoisotopic (exact) mass is 990 g/mol. The van der Waals surface area contributed by atoms with Gasteiger partial charge in [-0.15, -0.1) is 0 Å². The van der Waals surface area contributed by atoms with Crippen molar-refractivity contribution in [3.05, 3.63) is 118 Å². The van der Waals surface area contributed by atoms with Crippen LogP contribution in [0.3, 0.4) is 0 Å². The second kappa shape index (κ2) is 25.4. The van der Waals surface area contributed by atoms with Crippen LogP contribution in [0.2, 0.25) is 0 Å². The van der Waals surface area contributed by atoms with E-state index in [1.807, 2.05) is 43.3 Å². The van der Waals surface area contributed by atoms with Crippen molar-refractivity contribution in [2.24, 2.45) is 11.6 Å². The number of benzene rings is 4. The highest BCUT2D eigenvalue weighted by molar-refractivity contribution is 6.13. The first kappa shape index (κ1) is 52.0. The standard InChI is InChI=1S/C55H71N7O10/c1-5-61-54(63)43-8-6-7-42-46(16-12-44(53(42)43)55(61)64)62(57)38-45(56)41-11-15-49(52(37-41)72-34-29-65-4)60-21-27-70-50-35-39(2)9-13-47(50)58-17-23-66-30-32-68-25-19-59(20-26-69-33-31-67-24-18-58)48-14-10-40(3)36-51(48)71-28-22-60/h6-11,13-16,35-38,44H,5,12,17-34,56-57H2,1-4H3/b45-38-. The van der Waals surface area contributed by atoms with Gasteiger partial charge in [-0.05, 0) is 86.3 Å². The molecule has 72 heavy (non-hydrogen) atoms. The molecule has 1 saturated heterocycles. The van der Waals surface area contributed by atoms with Gasteiger partial charge in [0.1, 0.15) is 37.1 Å². The third-order valence-corrected chi connectivity index (χ3v) is 13.3. The number of ether oxygens (including phenoxy) is 8. The van der Waals surface area contributed by atoms with E-state index in [0.717, 1.165) is 45.3 Å². The smallest absolute Gasteiger partial charge is 0.260 e. The largest absolute Gasteiger partial charge is 0.490 e. The first-order chi connectivity index (χ1) is 35.1. The molecule has 2 amide bonds. The minimum Gasteiger partial charge on any atom is -0.490 e. The van der Waals surface area contributed by atoms with Crippen molar-refractivity contribution in [2.45, 2.75) is 33.1 Å². The summed E-state index contributed by atoms with van der Waals surface area (Å²) in [5.41, 5.74) is 15.4. The van der Waals surface area contributed by atoms with Gasteiger partial charge in [-0.25, -0.2) is 5.84 Å². The van der Waals surface area contributed by atoms with Gasteiger partial charge in [-0.1, -0.05) is 36.4 Å². The minimum absolute atomic E-state index is 0.196. The van der Waals surface area contributed by atoms with Crippen LogP contribution < -0.4 is 40.5 Å². The molecule has 0 saturated carbocycles. The average Bonchev–Trinajstić information content (AvgIpc) is 3.37. The van der Waals surface area contributed by atoms with Crippen LogP contribution in [-0.2, 0) is 28.5 Å². The summed E-state index contributed by atoms with van der Waals surface area (Å²) >= 11 is 0. The fourth-order valence-corrected chi connectivity index (χ4v) is 9.54. The van der Waals surface area contributed by atoms with E-state index in [2.05, 4.69) is 64.9 Å². The summed E-state index contributed by atoms with van der Waals surface area (Å²) in [6.45, 7) is 15.0. The number of imide groups is 1. The Balaban J connectivity index is 1.12. The topological polar surface area (TPSA) is 176 Å². The number of carbonyl (C=O) groups is 2. The lowest BCUT2D eigenvalue weighted by atomic mass is 9.78. The van der Waals surface area contributed by atoms with Crippen molar-refractivity contribution in [3.8, 4) is 17.2 Å². The van der Waals surface area contributed by atoms with Crippen molar-refractivity contribution in [1.29, 1.82) is 0 Å². The number of hydrogen-bond acceptors (Lipinski definition) is 16. The Morgan fingerprint density at radius 1 is 0.681 bits per heavy atom. The van der Waals surface area contributed by atoms with Crippen LogP contribution >= 0.6 is 0 Å². The molecule has 1 fully saturated rings. The van der Waals surface area contributed by atoms with Crippen molar-refractivity contribution in [2.75, 3.05) is 147 Å². The van der Waals surface area contributed by atoms with Crippen molar-refractivity contribution >= 4 is 40.3 Å². The lowest BCUT2D eigenvalue weighted by molar-refractivity contribution is -0.130. The molecule has 4 aliphatic heterocycles. The van der Waals surface area contributed by atoms with Crippen molar-refractivity contribution < 1.29 is 47.5 Å². The van der Waals surface area contributed by atoms with E-state index in [0.29, 0.717) is 159 Å². The number of hydrogen-bond donors (Lipinski definition) is 2. The summed E-state index contributed by atoms with van der Waals surface area (Å²) in [7, 11) is 1.64. The molecule has 1 atom stereocenters. The van der Waals surface area contributed by atoms with Crippen LogP contribution in [0.5, 0.6) is 17.2 Å². The Kier molecular flexibility index (Phi) is 18.3. The number of carbonyl (C=O) groups excluding carboxylic acids is 2. The molecule has 17 nitrogen and oxygen atoms in total. The molecule has 1 aliphatic carbocycles. The van der Waals surface area contributed by atoms with Gasteiger partial charge in [-0.2, -0.15) is 0 Å². The van der Waals surface area contributed by atoms with E-state index in [-0.39, 0.29) is 18.4 Å². The number of likely N-dealkylation sites (N-methyl/N-ethyl adjacent to an activating group) is 1. The summed E-state index contributed by atoms with van der Waals surface area (Å²) in [5.74, 6) is 7.95. The molecule has 9 rings (SSSR count). The molecular weight excluding hydrogens is 919 g/mol. The summed E-state index contributed by atoms with van der Waals surface area (Å²) in [6.07, 6.45) is 3.99. The highest BCUT2D eigenvalue weighted by atomic mass is 16.5. The molecular formula is C55H71N7O10. The van der Waals surface area contributed by atoms with Gasteiger partial charge >= 0.3 is 0 Å². The van der Waals surface area contributed by atoms with Gasteiger partial charge in [0.25, 0.3) is 5.91 Å². The Bertz CT molecular complexity index is 2450. The van der Waals surface area contributed by atoms with Crippen LogP contribution in [0.15, 0.2) is 85.1 Å². The third kappa shape index (κ3) is 12.6. The maximum absolute atomic E-state index is 13.4. The van der Waals surface area contributed by atoms with E-state index in [4.69, 9.17) is 49.5 Å². The predicted molar refractivity (Wildman–Crippen MR) is 279 cm³/mol. The minimum atomic E-state index is -0.458. The summed E-state index contributed by atoms with van der Waals surface area (Å²) in [6, 6.07) is 23.9. The average molecular weight is 990 g/mol. The molecule has 5 aliphatic rings. The van der Waals surface area contributed by atoms with E-state index in [9.17, 15) is 9.59 Å². The predicted octanol–water partition coefficient (Wildman–Crippen LogP) is 5.96. The molecule has 1 unspecified atom stereocenters. The number of fused-ring (bicyclic) bond motifs is 20. The quantitative estimate of drug-likeness (QED) is 0.0660. The number of amides is 2.